The molecule has 6 nitrogen and oxygen atoms in total. The Kier molecular flexibility index (Phi) is 4.28. The first-order valence-electron chi connectivity index (χ1n) is 5.96. The fourth-order valence-electron chi connectivity index (χ4n) is 1.66. The van der Waals surface area contributed by atoms with Crippen LogP contribution in [0.4, 0.5) is 0 Å². The van der Waals surface area contributed by atoms with Gasteiger partial charge in [0.25, 0.3) is 5.91 Å². The van der Waals surface area contributed by atoms with Gasteiger partial charge in [0.2, 0.25) is 0 Å². The minimum atomic E-state index is -0.227. The maximum atomic E-state index is 12.0. The van der Waals surface area contributed by atoms with Crippen molar-refractivity contribution in [3.63, 3.8) is 0 Å². The van der Waals surface area contributed by atoms with Gasteiger partial charge in [0, 0.05) is 30.1 Å². The van der Waals surface area contributed by atoms with E-state index in [0.717, 1.165) is 5.56 Å². The Morgan fingerprint density at radius 1 is 1.25 bits per heavy atom. The molecular formula is C14H14N4O2. The van der Waals surface area contributed by atoms with Gasteiger partial charge in [-0.1, -0.05) is 17.3 Å². The smallest absolute Gasteiger partial charge is 0.251 e. The lowest BCUT2D eigenvalue weighted by atomic mass is 10.1. The number of pyridine rings is 1. The van der Waals surface area contributed by atoms with Crippen molar-refractivity contribution >= 4 is 11.7 Å². The van der Waals surface area contributed by atoms with Crippen LogP contribution in [0.3, 0.4) is 0 Å². The quantitative estimate of drug-likeness (QED) is 0.335. The molecule has 2 aromatic rings. The van der Waals surface area contributed by atoms with Gasteiger partial charge in [-0.25, -0.2) is 0 Å². The third-order valence-corrected chi connectivity index (χ3v) is 2.73. The number of amidine groups is 1. The highest BCUT2D eigenvalue weighted by atomic mass is 16.4. The van der Waals surface area contributed by atoms with Crippen molar-refractivity contribution in [2.45, 2.75) is 6.54 Å². The molecule has 0 unspecified atom stereocenters. The van der Waals surface area contributed by atoms with Gasteiger partial charge in [0.05, 0.1) is 0 Å². The van der Waals surface area contributed by atoms with Crippen LogP contribution in [0.25, 0.3) is 0 Å². The number of carbonyl (C=O) groups excluding carboxylic acids is 1. The van der Waals surface area contributed by atoms with Crippen LogP contribution in [0.15, 0.2) is 53.9 Å². The number of nitrogens with two attached hydrogens (primary N) is 1. The van der Waals surface area contributed by atoms with E-state index in [0.29, 0.717) is 17.7 Å². The number of hydrogen-bond donors (Lipinski definition) is 3. The molecule has 1 heterocycles. The molecule has 0 aliphatic carbocycles. The molecule has 6 heteroatoms. The molecule has 20 heavy (non-hydrogen) atoms. The highest BCUT2D eigenvalue weighted by Crippen LogP contribution is 2.06. The number of nitrogens with zero attached hydrogens (tertiary/aromatic N) is 2. The summed E-state index contributed by atoms with van der Waals surface area (Å²) in [5.74, 6) is -0.261. The zero-order valence-corrected chi connectivity index (χ0v) is 10.7. The Balaban J connectivity index is 2.06. The molecular weight excluding hydrogens is 256 g/mol. The van der Waals surface area contributed by atoms with Crippen molar-refractivity contribution in [2.24, 2.45) is 10.9 Å². The van der Waals surface area contributed by atoms with Crippen LogP contribution < -0.4 is 11.1 Å². The molecule has 2 rings (SSSR count). The first-order chi connectivity index (χ1) is 9.70. The molecule has 1 aromatic heterocycles. The molecule has 1 aromatic carbocycles. The minimum Gasteiger partial charge on any atom is -0.409 e. The van der Waals surface area contributed by atoms with Gasteiger partial charge >= 0.3 is 0 Å². The van der Waals surface area contributed by atoms with Crippen LogP contribution in [-0.4, -0.2) is 21.9 Å². The summed E-state index contributed by atoms with van der Waals surface area (Å²) in [5.41, 5.74) is 7.39. The van der Waals surface area contributed by atoms with Gasteiger partial charge in [-0.2, -0.15) is 0 Å². The van der Waals surface area contributed by atoms with Gasteiger partial charge in [0.1, 0.15) is 0 Å². The van der Waals surface area contributed by atoms with Crippen molar-refractivity contribution in [1.29, 1.82) is 0 Å². The molecule has 0 fully saturated rings. The van der Waals surface area contributed by atoms with E-state index in [-0.39, 0.29) is 11.7 Å². The van der Waals surface area contributed by atoms with Crippen LogP contribution in [0, 0.1) is 0 Å². The molecule has 0 bridgehead atoms. The zero-order chi connectivity index (χ0) is 14.4. The molecule has 0 spiro atoms. The van der Waals surface area contributed by atoms with E-state index in [9.17, 15) is 4.79 Å². The predicted octanol–water partition coefficient (Wildman–Crippen LogP) is 1.11. The number of nitrogens with one attached hydrogen (secondary N) is 1. The molecule has 0 saturated heterocycles. The van der Waals surface area contributed by atoms with Gasteiger partial charge in [0.15, 0.2) is 5.84 Å². The van der Waals surface area contributed by atoms with Gasteiger partial charge in [-0.15, -0.1) is 0 Å². The molecule has 0 saturated carbocycles. The van der Waals surface area contributed by atoms with E-state index >= 15 is 0 Å². The summed E-state index contributed by atoms with van der Waals surface area (Å²) < 4.78 is 0. The Hall–Kier alpha value is -2.89. The summed E-state index contributed by atoms with van der Waals surface area (Å²) in [4.78, 5) is 15.9. The summed E-state index contributed by atoms with van der Waals surface area (Å²) in [5, 5.41) is 14.3. The van der Waals surface area contributed by atoms with Crippen molar-refractivity contribution in [3.05, 3.63) is 65.5 Å². The Morgan fingerprint density at radius 2 is 1.95 bits per heavy atom. The molecule has 0 atom stereocenters. The minimum absolute atomic E-state index is 0.0335. The monoisotopic (exact) mass is 270 g/mol. The van der Waals surface area contributed by atoms with E-state index in [4.69, 9.17) is 10.9 Å². The van der Waals surface area contributed by atoms with E-state index in [1.807, 2.05) is 12.1 Å². The van der Waals surface area contributed by atoms with Crippen molar-refractivity contribution < 1.29 is 10.0 Å². The lowest BCUT2D eigenvalue weighted by Crippen LogP contribution is -2.23. The third-order valence-electron chi connectivity index (χ3n) is 2.73. The molecule has 0 aliphatic heterocycles. The summed E-state index contributed by atoms with van der Waals surface area (Å²) in [7, 11) is 0. The normalized spacial score (nSPS) is 11.1. The van der Waals surface area contributed by atoms with E-state index in [1.165, 1.54) is 0 Å². The zero-order valence-electron chi connectivity index (χ0n) is 10.7. The summed E-state index contributed by atoms with van der Waals surface area (Å²) >= 11 is 0. The van der Waals surface area contributed by atoms with Crippen molar-refractivity contribution in [2.75, 3.05) is 0 Å². The van der Waals surface area contributed by atoms with Crippen LogP contribution in [0.5, 0.6) is 0 Å². The maximum absolute atomic E-state index is 12.0. The molecule has 0 radical (unpaired) electrons. The van der Waals surface area contributed by atoms with Gasteiger partial charge < -0.3 is 16.3 Å². The number of amides is 1. The Bertz CT molecular complexity index is 626. The van der Waals surface area contributed by atoms with Gasteiger partial charge in [-0.3, -0.25) is 9.78 Å². The van der Waals surface area contributed by atoms with Crippen LogP contribution in [0.1, 0.15) is 21.5 Å². The first-order valence-corrected chi connectivity index (χ1v) is 5.96. The second-order valence-corrected chi connectivity index (χ2v) is 4.10. The lowest BCUT2D eigenvalue weighted by Gasteiger charge is -2.06. The van der Waals surface area contributed by atoms with E-state index in [1.54, 1.807) is 36.7 Å². The first kappa shape index (κ1) is 13.5. The molecule has 102 valence electrons. The maximum Gasteiger partial charge on any atom is 0.251 e. The average Bonchev–Trinajstić information content (AvgIpc) is 2.53. The lowest BCUT2D eigenvalue weighted by molar-refractivity contribution is 0.0951. The number of hydrogen-bond acceptors (Lipinski definition) is 4. The van der Waals surface area contributed by atoms with Gasteiger partial charge in [-0.05, 0) is 29.8 Å². The summed E-state index contributed by atoms with van der Waals surface area (Å²) in [6.45, 7) is 0.412. The van der Waals surface area contributed by atoms with Crippen molar-refractivity contribution in [1.82, 2.24) is 10.3 Å². The fraction of sp³-hybridized carbons (Fsp3) is 0.0714. The highest BCUT2D eigenvalue weighted by molar-refractivity contribution is 6.01. The second-order valence-electron chi connectivity index (χ2n) is 4.10. The predicted molar refractivity (Wildman–Crippen MR) is 74.4 cm³/mol. The SMILES string of the molecule is N/C(=N\O)c1cccc(C(=O)NCc2ccncc2)c1. The van der Waals surface area contributed by atoms with Crippen molar-refractivity contribution in [3.8, 4) is 0 Å². The third kappa shape index (κ3) is 3.32. The second kappa shape index (κ2) is 6.33. The molecule has 4 N–H and O–H groups in total. The number of oxime groups is 1. The summed E-state index contributed by atoms with van der Waals surface area (Å²) in [6, 6.07) is 10.2. The number of benzene rings is 1. The highest BCUT2D eigenvalue weighted by Gasteiger charge is 2.07. The Morgan fingerprint density at radius 3 is 2.65 bits per heavy atom. The van der Waals surface area contributed by atoms with Crippen LogP contribution >= 0.6 is 0 Å². The number of aromatic nitrogens is 1. The summed E-state index contributed by atoms with van der Waals surface area (Å²) in [6.07, 6.45) is 3.33. The number of carbonyl (C=O) groups is 1. The van der Waals surface area contributed by atoms with E-state index < -0.39 is 0 Å². The Labute approximate surface area is 115 Å². The topological polar surface area (TPSA) is 101 Å². The standard InChI is InChI=1S/C14H14N4O2/c15-13(18-20)11-2-1-3-12(8-11)14(19)17-9-10-4-6-16-7-5-10/h1-8,20H,9H2,(H2,15,18)(H,17,19). The number of rotatable bonds is 4. The van der Waals surface area contributed by atoms with Crippen LogP contribution in [-0.2, 0) is 6.54 Å². The van der Waals surface area contributed by atoms with E-state index in [2.05, 4.69) is 15.5 Å². The molecule has 1 amide bonds. The fourth-order valence-corrected chi connectivity index (χ4v) is 1.66. The largest absolute Gasteiger partial charge is 0.409 e. The van der Waals surface area contributed by atoms with Crippen LogP contribution in [0.2, 0.25) is 0 Å². The molecule has 0 aliphatic rings. The average molecular weight is 270 g/mol.